The van der Waals surface area contributed by atoms with E-state index < -0.39 is 59.6 Å². The molecule has 1 fully saturated rings. The van der Waals surface area contributed by atoms with Crippen LogP contribution in [-0.4, -0.2) is 65.0 Å². The van der Waals surface area contributed by atoms with Gasteiger partial charge in [-0.2, -0.15) is 13.2 Å². The van der Waals surface area contributed by atoms with E-state index in [1.54, 1.807) is 36.5 Å². The highest BCUT2D eigenvalue weighted by molar-refractivity contribution is 5.99. The standard InChI is InChI=1S/C31H27F5N4O4/c1-16-14-37-28(38-17(16)2)22-8-7-18(20-5-3-4-6-21(20)22)11-25(30(42)43)39-29(41)27-23(32)12-19(13-24(27)33)40-9-10-44-15-26(40)31(34,35)36/h3-8,12-14,25-26H,9-11,15H2,1-2H3,(H,39,41)(H,42,43)/t25?,26-/m1/s1. The van der Waals surface area contributed by atoms with Crippen molar-refractivity contribution in [2.45, 2.75) is 38.5 Å². The number of nitrogens with one attached hydrogen (secondary N) is 1. The van der Waals surface area contributed by atoms with Gasteiger partial charge in [-0.15, -0.1) is 0 Å². The van der Waals surface area contributed by atoms with E-state index in [-0.39, 0.29) is 19.6 Å². The Labute approximate surface area is 248 Å². The molecule has 0 saturated carbocycles. The number of nitrogens with zero attached hydrogens (tertiary/aromatic N) is 3. The molecule has 1 aliphatic rings. The highest BCUT2D eigenvalue weighted by atomic mass is 19.4. The van der Waals surface area contributed by atoms with E-state index in [0.717, 1.165) is 21.5 Å². The monoisotopic (exact) mass is 614 g/mol. The second-order valence-electron chi connectivity index (χ2n) is 10.5. The van der Waals surface area contributed by atoms with Gasteiger partial charge in [0.1, 0.15) is 29.3 Å². The van der Waals surface area contributed by atoms with Gasteiger partial charge in [0.2, 0.25) is 0 Å². The molecule has 230 valence electrons. The highest BCUT2D eigenvalue weighted by Crippen LogP contribution is 2.33. The summed E-state index contributed by atoms with van der Waals surface area (Å²) in [6.07, 6.45) is -3.26. The number of anilines is 1. The smallest absolute Gasteiger partial charge is 0.411 e. The summed E-state index contributed by atoms with van der Waals surface area (Å²) < 4.78 is 75.5. The maximum Gasteiger partial charge on any atom is 0.411 e. The molecule has 44 heavy (non-hydrogen) atoms. The molecule has 0 spiro atoms. The van der Waals surface area contributed by atoms with Crippen LogP contribution in [0, 0.1) is 25.5 Å². The lowest BCUT2D eigenvalue weighted by Crippen LogP contribution is -2.53. The van der Waals surface area contributed by atoms with E-state index in [1.165, 1.54) is 0 Å². The van der Waals surface area contributed by atoms with Gasteiger partial charge in [0.15, 0.2) is 5.82 Å². The lowest BCUT2D eigenvalue weighted by atomic mass is 9.95. The van der Waals surface area contributed by atoms with E-state index in [1.807, 2.05) is 19.9 Å². The molecule has 4 aromatic rings. The van der Waals surface area contributed by atoms with Gasteiger partial charge in [-0.1, -0.05) is 36.4 Å². The molecular weight excluding hydrogens is 587 g/mol. The quantitative estimate of drug-likeness (QED) is 0.269. The third-order valence-corrected chi connectivity index (χ3v) is 7.60. The Bertz CT molecular complexity index is 1720. The maximum atomic E-state index is 15.1. The maximum absolute atomic E-state index is 15.1. The average molecular weight is 615 g/mol. The first-order valence-corrected chi connectivity index (χ1v) is 13.6. The molecule has 0 bridgehead atoms. The number of carboxylic acid groups (broad SMARTS) is 1. The summed E-state index contributed by atoms with van der Waals surface area (Å²) in [5.41, 5.74) is 1.43. The number of rotatable bonds is 7. The molecule has 1 amide bonds. The first kappa shape index (κ1) is 30.8. The normalized spacial score (nSPS) is 16.2. The van der Waals surface area contributed by atoms with Crippen molar-refractivity contribution in [1.82, 2.24) is 15.3 Å². The number of hydrogen-bond donors (Lipinski definition) is 2. The van der Waals surface area contributed by atoms with Gasteiger partial charge < -0.3 is 20.1 Å². The van der Waals surface area contributed by atoms with Crippen LogP contribution in [0.1, 0.15) is 27.2 Å². The van der Waals surface area contributed by atoms with Gasteiger partial charge >= 0.3 is 12.1 Å². The van der Waals surface area contributed by atoms with Crippen LogP contribution in [0.25, 0.3) is 22.2 Å². The molecule has 1 unspecified atom stereocenters. The van der Waals surface area contributed by atoms with Crippen LogP contribution in [0.4, 0.5) is 27.6 Å². The van der Waals surface area contributed by atoms with E-state index in [9.17, 15) is 27.9 Å². The number of benzene rings is 3. The zero-order valence-corrected chi connectivity index (χ0v) is 23.6. The van der Waals surface area contributed by atoms with Gasteiger partial charge in [0, 0.05) is 36.1 Å². The van der Waals surface area contributed by atoms with Gasteiger partial charge in [0.05, 0.1) is 13.2 Å². The lowest BCUT2D eigenvalue weighted by Gasteiger charge is -2.38. The Hall–Kier alpha value is -4.65. The van der Waals surface area contributed by atoms with Crippen molar-refractivity contribution >= 4 is 28.3 Å². The molecule has 8 nitrogen and oxygen atoms in total. The predicted molar refractivity (Wildman–Crippen MR) is 151 cm³/mol. The zero-order chi connectivity index (χ0) is 31.8. The first-order valence-electron chi connectivity index (χ1n) is 13.6. The largest absolute Gasteiger partial charge is 0.480 e. The number of hydrogen-bond acceptors (Lipinski definition) is 6. The Kier molecular flexibility index (Phi) is 8.51. The van der Waals surface area contributed by atoms with E-state index in [0.29, 0.717) is 34.5 Å². The molecule has 13 heteroatoms. The van der Waals surface area contributed by atoms with Gasteiger partial charge in [-0.05, 0) is 47.9 Å². The Morgan fingerprint density at radius 3 is 2.41 bits per heavy atom. The third-order valence-electron chi connectivity index (χ3n) is 7.60. The van der Waals surface area contributed by atoms with Crippen molar-refractivity contribution < 1.29 is 41.4 Å². The fourth-order valence-corrected chi connectivity index (χ4v) is 5.17. The minimum atomic E-state index is -4.73. The molecule has 5 rings (SSSR count). The SMILES string of the molecule is Cc1cnc(-c2ccc(CC(NC(=O)c3c(F)cc(N4CCOC[C@@H]4C(F)(F)F)cc3F)C(=O)O)c3ccccc23)nc1C. The van der Waals surface area contributed by atoms with E-state index in [4.69, 9.17) is 4.74 Å². The number of amides is 1. The fourth-order valence-electron chi connectivity index (χ4n) is 5.17. The molecule has 2 heterocycles. The summed E-state index contributed by atoms with van der Waals surface area (Å²) in [7, 11) is 0. The predicted octanol–water partition coefficient (Wildman–Crippen LogP) is 5.39. The Morgan fingerprint density at radius 1 is 1.09 bits per heavy atom. The van der Waals surface area contributed by atoms with Crippen LogP contribution in [0.3, 0.4) is 0 Å². The minimum absolute atomic E-state index is 0.0916. The number of halogens is 5. The summed E-state index contributed by atoms with van der Waals surface area (Å²) in [6, 6.07) is 8.09. The topological polar surface area (TPSA) is 105 Å². The number of alkyl halides is 3. The number of morpholine rings is 1. The van der Waals surface area contributed by atoms with Crippen molar-refractivity contribution in [3.8, 4) is 11.4 Å². The lowest BCUT2D eigenvalue weighted by molar-refractivity contribution is -0.167. The summed E-state index contributed by atoms with van der Waals surface area (Å²) in [6.45, 7) is 2.66. The summed E-state index contributed by atoms with van der Waals surface area (Å²) in [5.74, 6) is -5.21. The van der Waals surface area contributed by atoms with Crippen LogP contribution in [-0.2, 0) is 16.0 Å². The number of aliphatic carboxylic acids is 1. The first-order chi connectivity index (χ1) is 20.8. The van der Waals surface area contributed by atoms with Crippen molar-refractivity contribution in [1.29, 1.82) is 0 Å². The number of carboxylic acids is 1. The molecule has 1 saturated heterocycles. The van der Waals surface area contributed by atoms with Crippen molar-refractivity contribution in [3.63, 3.8) is 0 Å². The number of ether oxygens (including phenoxy) is 1. The molecule has 1 aromatic heterocycles. The summed E-state index contributed by atoms with van der Waals surface area (Å²) in [5, 5.41) is 13.5. The molecular formula is C31H27F5N4O4. The van der Waals surface area contributed by atoms with Crippen LogP contribution >= 0.6 is 0 Å². The number of aryl methyl sites for hydroxylation is 2. The highest BCUT2D eigenvalue weighted by Gasteiger charge is 2.46. The van der Waals surface area contributed by atoms with E-state index in [2.05, 4.69) is 15.3 Å². The summed E-state index contributed by atoms with van der Waals surface area (Å²) >= 11 is 0. The van der Waals surface area contributed by atoms with Crippen molar-refractivity contribution in [2.75, 3.05) is 24.7 Å². The van der Waals surface area contributed by atoms with Crippen molar-refractivity contribution in [3.05, 3.63) is 88.7 Å². The average Bonchev–Trinajstić information content (AvgIpc) is 2.97. The van der Waals surface area contributed by atoms with Gasteiger partial charge in [-0.3, -0.25) is 4.79 Å². The third kappa shape index (κ3) is 6.18. The molecule has 2 atom stereocenters. The van der Waals surface area contributed by atoms with Crippen molar-refractivity contribution in [2.24, 2.45) is 0 Å². The molecule has 1 aliphatic heterocycles. The number of carbonyl (C=O) groups is 2. The van der Waals surface area contributed by atoms with Gasteiger partial charge in [0.25, 0.3) is 5.91 Å². The Balaban J connectivity index is 1.42. The minimum Gasteiger partial charge on any atom is -0.480 e. The molecule has 0 aliphatic carbocycles. The Morgan fingerprint density at radius 2 is 1.77 bits per heavy atom. The van der Waals surface area contributed by atoms with Gasteiger partial charge in [-0.25, -0.2) is 23.5 Å². The molecule has 3 aromatic carbocycles. The van der Waals surface area contributed by atoms with Crippen LogP contribution in [0.5, 0.6) is 0 Å². The van der Waals surface area contributed by atoms with Crippen LogP contribution in [0.2, 0.25) is 0 Å². The fraction of sp³-hybridized carbons (Fsp3) is 0.290. The number of fused-ring (bicyclic) bond motifs is 1. The van der Waals surface area contributed by atoms with Crippen LogP contribution < -0.4 is 10.2 Å². The van der Waals surface area contributed by atoms with E-state index >= 15 is 8.78 Å². The van der Waals surface area contributed by atoms with Crippen LogP contribution in [0.15, 0.2) is 54.7 Å². The summed E-state index contributed by atoms with van der Waals surface area (Å²) in [4.78, 5) is 34.9. The molecule has 0 radical (unpaired) electrons. The molecule has 2 N–H and O–H groups in total. The number of aromatic nitrogens is 2. The second-order valence-corrected chi connectivity index (χ2v) is 10.5. The number of carbonyl (C=O) groups excluding carboxylic acids is 1. The zero-order valence-electron chi connectivity index (χ0n) is 23.6. The second kappa shape index (κ2) is 12.2.